The molecular formula is C19H14INO2. The van der Waals surface area contributed by atoms with Crippen molar-refractivity contribution in [2.24, 2.45) is 0 Å². The molecule has 114 valence electrons. The van der Waals surface area contributed by atoms with Crippen molar-refractivity contribution in [1.29, 1.82) is 0 Å². The van der Waals surface area contributed by atoms with E-state index in [0.29, 0.717) is 0 Å². The van der Waals surface area contributed by atoms with Gasteiger partial charge in [0.2, 0.25) is 0 Å². The second kappa shape index (κ2) is 5.53. The number of furan rings is 1. The number of benzene rings is 2. The Labute approximate surface area is 148 Å². The van der Waals surface area contributed by atoms with Crippen molar-refractivity contribution in [1.82, 2.24) is 4.98 Å². The summed E-state index contributed by atoms with van der Waals surface area (Å²) in [6.07, 6.45) is 1.88. The van der Waals surface area contributed by atoms with Gasteiger partial charge in [0.05, 0.1) is 5.52 Å². The molecule has 0 aliphatic rings. The van der Waals surface area contributed by atoms with E-state index in [0.717, 1.165) is 33.6 Å². The van der Waals surface area contributed by atoms with Gasteiger partial charge in [-0.15, -0.1) is 0 Å². The molecule has 0 amide bonds. The van der Waals surface area contributed by atoms with Crippen molar-refractivity contribution in [3.8, 4) is 17.1 Å². The smallest absolute Gasteiger partial charge is 0.192 e. The summed E-state index contributed by atoms with van der Waals surface area (Å²) in [7, 11) is 0. The van der Waals surface area contributed by atoms with E-state index in [1.807, 2.05) is 53.5 Å². The van der Waals surface area contributed by atoms with Gasteiger partial charge in [-0.25, -0.2) is 0 Å². The average Bonchev–Trinajstić information content (AvgIpc) is 3.01. The third-order valence-electron chi connectivity index (χ3n) is 4.13. The molecule has 2 heterocycles. The maximum absolute atomic E-state index is 5.99. The molecule has 4 aromatic rings. The van der Waals surface area contributed by atoms with Crippen LogP contribution in [0.15, 0.2) is 53.1 Å². The second-order valence-electron chi connectivity index (χ2n) is 5.71. The van der Waals surface area contributed by atoms with Gasteiger partial charge in [-0.1, -0.05) is 12.1 Å². The lowest BCUT2D eigenvalue weighted by molar-refractivity contribution is 0.627. The summed E-state index contributed by atoms with van der Waals surface area (Å²) in [5.74, 6) is 1.60. The first-order valence-electron chi connectivity index (χ1n) is 7.34. The van der Waals surface area contributed by atoms with E-state index in [1.54, 1.807) is 0 Å². The molecule has 0 saturated heterocycles. The molecule has 0 atom stereocenters. The first kappa shape index (κ1) is 14.5. The van der Waals surface area contributed by atoms with Crippen molar-refractivity contribution >= 4 is 44.9 Å². The quantitative estimate of drug-likeness (QED) is 0.377. The summed E-state index contributed by atoms with van der Waals surface area (Å²) in [6.45, 7) is 4.19. The number of halogens is 1. The Bertz CT molecular complexity index is 1040. The Balaban J connectivity index is 1.90. The second-order valence-corrected chi connectivity index (χ2v) is 6.15. The van der Waals surface area contributed by atoms with E-state index in [1.165, 1.54) is 16.5 Å². The molecule has 0 aliphatic carbocycles. The number of fused-ring (bicyclic) bond motifs is 2. The predicted octanol–water partition coefficient (Wildman–Crippen LogP) is 5.99. The molecule has 0 unspecified atom stereocenters. The van der Waals surface area contributed by atoms with Gasteiger partial charge >= 0.3 is 0 Å². The summed E-state index contributed by atoms with van der Waals surface area (Å²) in [4.78, 5) is 4.64. The molecule has 2 aromatic heterocycles. The number of hydrogen-bond acceptors (Lipinski definition) is 3. The van der Waals surface area contributed by atoms with E-state index < -0.39 is 0 Å². The zero-order chi connectivity index (χ0) is 16.0. The third kappa shape index (κ3) is 2.47. The van der Waals surface area contributed by atoms with Gasteiger partial charge in [0.15, 0.2) is 23.0 Å². The Morgan fingerprint density at radius 2 is 1.83 bits per heavy atom. The van der Waals surface area contributed by atoms with Crippen LogP contribution in [0.1, 0.15) is 11.1 Å². The van der Waals surface area contributed by atoms with Gasteiger partial charge in [0.25, 0.3) is 0 Å². The molecule has 0 N–H and O–H groups in total. The van der Waals surface area contributed by atoms with Crippen LogP contribution in [0.3, 0.4) is 0 Å². The lowest BCUT2D eigenvalue weighted by Gasteiger charge is -2.06. The van der Waals surface area contributed by atoms with Gasteiger partial charge in [0.1, 0.15) is 17.1 Å². The monoisotopic (exact) mass is 415 g/mol. The first-order chi connectivity index (χ1) is 11.2. The zero-order valence-electron chi connectivity index (χ0n) is 12.8. The summed E-state index contributed by atoms with van der Waals surface area (Å²) < 4.78 is 11.2. The van der Waals surface area contributed by atoms with Crippen molar-refractivity contribution in [2.45, 2.75) is 13.8 Å². The lowest BCUT2D eigenvalue weighted by Crippen LogP contribution is -1.87. The summed E-state index contributed by atoms with van der Waals surface area (Å²) in [6, 6.07) is 14.3. The molecule has 0 spiro atoms. The van der Waals surface area contributed by atoms with E-state index in [4.69, 9.17) is 7.48 Å². The van der Waals surface area contributed by atoms with Crippen LogP contribution in [-0.2, 0) is 0 Å². The molecule has 0 aliphatic heterocycles. The maximum Gasteiger partial charge on any atom is 0.192 e. The maximum atomic E-state index is 5.99. The van der Waals surface area contributed by atoms with Crippen LogP contribution in [0.4, 0.5) is 0 Å². The fourth-order valence-corrected chi connectivity index (χ4v) is 3.11. The number of hydrogen-bond donors (Lipinski definition) is 0. The van der Waals surface area contributed by atoms with Crippen molar-refractivity contribution in [3.63, 3.8) is 0 Å². The van der Waals surface area contributed by atoms with Crippen LogP contribution in [0.5, 0.6) is 5.75 Å². The Kier molecular flexibility index (Phi) is 3.49. The number of rotatable bonds is 2. The minimum Gasteiger partial charge on any atom is -0.456 e. The molecule has 23 heavy (non-hydrogen) atoms. The SMILES string of the molecule is Cc1ccc(C)c2ncc(-c3cc4ccc(OI)cc4o3)cc12. The molecule has 0 bridgehead atoms. The predicted molar refractivity (Wildman–Crippen MR) is 101 cm³/mol. The minimum absolute atomic E-state index is 0.780. The molecule has 0 fully saturated rings. The third-order valence-corrected chi connectivity index (χ3v) is 4.64. The van der Waals surface area contributed by atoms with Crippen LogP contribution in [0.2, 0.25) is 0 Å². The Morgan fingerprint density at radius 1 is 1.00 bits per heavy atom. The number of aromatic nitrogens is 1. The summed E-state index contributed by atoms with van der Waals surface area (Å²) >= 11 is 1.87. The highest BCUT2D eigenvalue weighted by Gasteiger charge is 2.10. The summed E-state index contributed by atoms with van der Waals surface area (Å²) in [5, 5.41) is 2.22. The highest BCUT2D eigenvalue weighted by Crippen LogP contribution is 2.32. The molecule has 4 rings (SSSR count). The van der Waals surface area contributed by atoms with Crippen LogP contribution >= 0.6 is 23.0 Å². The van der Waals surface area contributed by atoms with Crippen molar-refractivity contribution in [3.05, 3.63) is 59.8 Å². The van der Waals surface area contributed by atoms with Crippen molar-refractivity contribution in [2.75, 3.05) is 0 Å². The first-order valence-corrected chi connectivity index (χ1v) is 8.22. The number of pyridine rings is 1. The molecule has 4 heteroatoms. The molecular weight excluding hydrogens is 401 g/mol. The topological polar surface area (TPSA) is 35.3 Å². The van der Waals surface area contributed by atoms with Crippen LogP contribution in [0, 0.1) is 13.8 Å². The van der Waals surface area contributed by atoms with E-state index >= 15 is 0 Å². The fourth-order valence-electron chi connectivity index (χ4n) is 2.83. The molecule has 0 radical (unpaired) electrons. The molecule has 2 aromatic carbocycles. The minimum atomic E-state index is 0.780. The fraction of sp³-hybridized carbons (Fsp3) is 0.105. The van der Waals surface area contributed by atoms with Crippen LogP contribution < -0.4 is 3.07 Å². The standard InChI is InChI=1S/C19H14INO2/c1-11-3-4-12(2)19-16(11)7-14(10-21-19)17-8-13-5-6-15(23-20)9-18(13)22-17/h3-10H,1-2H3. The van der Waals surface area contributed by atoms with Crippen LogP contribution in [-0.4, -0.2) is 4.98 Å². The van der Waals surface area contributed by atoms with E-state index in [-0.39, 0.29) is 0 Å². The van der Waals surface area contributed by atoms with E-state index in [2.05, 4.69) is 37.0 Å². The van der Waals surface area contributed by atoms with Gasteiger partial charge in [-0.05, 0) is 49.2 Å². The van der Waals surface area contributed by atoms with Crippen molar-refractivity contribution < 1.29 is 7.48 Å². The highest BCUT2D eigenvalue weighted by atomic mass is 127. The number of aryl methyl sites for hydroxylation is 2. The molecule has 0 saturated carbocycles. The normalized spacial score (nSPS) is 11.3. The van der Waals surface area contributed by atoms with Gasteiger partial charge < -0.3 is 7.48 Å². The lowest BCUT2D eigenvalue weighted by atomic mass is 10.0. The largest absolute Gasteiger partial charge is 0.456 e. The molecule has 3 nitrogen and oxygen atoms in total. The van der Waals surface area contributed by atoms with Gasteiger partial charge in [0, 0.05) is 28.6 Å². The van der Waals surface area contributed by atoms with Crippen LogP contribution in [0.25, 0.3) is 33.2 Å². The summed E-state index contributed by atoms with van der Waals surface area (Å²) in [5.41, 5.74) is 5.25. The Morgan fingerprint density at radius 3 is 2.65 bits per heavy atom. The van der Waals surface area contributed by atoms with Gasteiger partial charge in [-0.3, -0.25) is 4.98 Å². The zero-order valence-corrected chi connectivity index (χ0v) is 14.9. The van der Waals surface area contributed by atoms with Gasteiger partial charge in [-0.2, -0.15) is 0 Å². The highest BCUT2D eigenvalue weighted by molar-refractivity contribution is 14.1. The Hall–Kier alpha value is -2.08. The average molecular weight is 415 g/mol. The number of nitrogens with zero attached hydrogens (tertiary/aromatic N) is 1. The van der Waals surface area contributed by atoms with E-state index in [9.17, 15) is 0 Å².